The Kier molecular flexibility index (Phi) is 5.54. The number of allylic oxidation sites excluding steroid dienone is 4. The molecule has 0 bridgehead atoms. The molecule has 0 aromatic carbocycles. The summed E-state index contributed by atoms with van der Waals surface area (Å²) in [6, 6.07) is 0. The van der Waals surface area contributed by atoms with Crippen molar-refractivity contribution in [3.8, 4) is 0 Å². The van der Waals surface area contributed by atoms with E-state index < -0.39 is 6.10 Å². The Morgan fingerprint density at radius 2 is 2.00 bits per heavy atom. The van der Waals surface area contributed by atoms with Crippen molar-refractivity contribution in [2.45, 2.75) is 71.8 Å². The van der Waals surface area contributed by atoms with Gasteiger partial charge < -0.3 is 9.84 Å². The first-order chi connectivity index (χ1) is 14.2. The van der Waals surface area contributed by atoms with Gasteiger partial charge in [-0.1, -0.05) is 32.4 Å². The lowest BCUT2D eigenvalue weighted by Crippen LogP contribution is -2.56. The molecule has 4 aliphatic rings. The summed E-state index contributed by atoms with van der Waals surface area (Å²) in [6.07, 6.45) is 10.2. The Labute approximate surface area is 178 Å². The Hall–Kier alpha value is -1.75. The summed E-state index contributed by atoms with van der Waals surface area (Å²) in [7, 11) is 0. The summed E-state index contributed by atoms with van der Waals surface area (Å²) in [4.78, 5) is 36.6. The number of fused-ring (bicyclic) bond motifs is 5. The highest BCUT2D eigenvalue weighted by Crippen LogP contribution is 2.66. The SMILES string of the molecule is CCCC(=O)OCC(=O)C1CCC2C3CCC4=CC(=O)C=CC4(C)C3C(O)CC12C. The van der Waals surface area contributed by atoms with Crippen LogP contribution in [0.3, 0.4) is 0 Å². The highest BCUT2D eigenvalue weighted by Gasteiger charge is 2.62. The molecule has 4 rings (SSSR count). The molecule has 0 aromatic rings. The molecule has 30 heavy (non-hydrogen) atoms. The average Bonchev–Trinajstić information content (AvgIpc) is 3.03. The Morgan fingerprint density at radius 3 is 2.73 bits per heavy atom. The van der Waals surface area contributed by atoms with E-state index in [9.17, 15) is 19.5 Å². The summed E-state index contributed by atoms with van der Waals surface area (Å²) in [5.41, 5.74) is 0.600. The molecule has 3 fully saturated rings. The number of ketones is 2. The first-order valence-electron chi connectivity index (χ1n) is 11.5. The fourth-order valence-electron chi connectivity index (χ4n) is 7.38. The van der Waals surface area contributed by atoms with Crippen LogP contribution < -0.4 is 0 Å². The van der Waals surface area contributed by atoms with Gasteiger partial charge in [-0.05, 0) is 67.9 Å². The van der Waals surface area contributed by atoms with Gasteiger partial charge in [-0.15, -0.1) is 0 Å². The molecule has 0 amide bonds. The van der Waals surface area contributed by atoms with Crippen LogP contribution in [0.4, 0.5) is 0 Å². The average molecular weight is 415 g/mol. The molecular weight excluding hydrogens is 380 g/mol. The van der Waals surface area contributed by atoms with Crippen LogP contribution in [0.5, 0.6) is 0 Å². The molecule has 4 aliphatic carbocycles. The van der Waals surface area contributed by atoms with E-state index in [1.165, 1.54) is 0 Å². The molecule has 164 valence electrons. The maximum absolute atomic E-state index is 13.0. The molecule has 0 aliphatic heterocycles. The van der Waals surface area contributed by atoms with Crippen LogP contribution in [-0.2, 0) is 19.1 Å². The predicted octanol–water partition coefficient (Wildman–Crippen LogP) is 3.79. The van der Waals surface area contributed by atoms with Crippen molar-refractivity contribution in [1.82, 2.24) is 0 Å². The minimum absolute atomic E-state index is 0.000804. The van der Waals surface area contributed by atoms with Crippen LogP contribution in [0.25, 0.3) is 0 Å². The highest BCUT2D eigenvalue weighted by molar-refractivity contribution is 6.01. The minimum atomic E-state index is -0.515. The van der Waals surface area contributed by atoms with Gasteiger partial charge in [-0.3, -0.25) is 14.4 Å². The second-order valence-corrected chi connectivity index (χ2v) is 10.3. The molecule has 0 heterocycles. The number of ether oxygens (including phenoxy) is 1. The van der Waals surface area contributed by atoms with E-state index in [4.69, 9.17) is 4.74 Å². The molecule has 0 aromatic heterocycles. The molecule has 5 heteroatoms. The Morgan fingerprint density at radius 1 is 1.23 bits per heavy atom. The van der Waals surface area contributed by atoms with E-state index in [-0.39, 0.29) is 46.8 Å². The van der Waals surface area contributed by atoms with Gasteiger partial charge in [0.1, 0.15) is 6.61 Å². The number of Topliss-reactive ketones (excluding diaryl/α,β-unsaturated/α-hetero) is 1. The zero-order valence-corrected chi connectivity index (χ0v) is 18.4. The maximum atomic E-state index is 13.0. The van der Waals surface area contributed by atoms with E-state index >= 15 is 0 Å². The number of carbonyl (C=O) groups is 3. The Balaban J connectivity index is 1.54. The van der Waals surface area contributed by atoms with Crippen molar-refractivity contribution >= 4 is 17.5 Å². The lowest BCUT2D eigenvalue weighted by Gasteiger charge is -2.58. The van der Waals surface area contributed by atoms with Gasteiger partial charge in [0, 0.05) is 23.7 Å². The van der Waals surface area contributed by atoms with Gasteiger partial charge in [-0.2, -0.15) is 0 Å². The molecule has 7 atom stereocenters. The van der Waals surface area contributed by atoms with E-state index in [2.05, 4.69) is 13.8 Å². The zero-order chi connectivity index (χ0) is 21.7. The van der Waals surface area contributed by atoms with Gasteiger partial charge in [0.05, 0.1) is 6.10 Å². The number of aliphatic hydroxyl groups is 1. The molecule has 0 saturated heterocycles. The van der Waals surface area contributed by atoms with Crippen LogP contribution in [0, 0.1) is 34.5 Å². The summed E-state index contributed by atoms with van der Waals surface area (Å²) in [5, 5.41) is 11.3. The van der Waals surface area contributed by atoms with Crippen LogP contribution in [0.1, 0.15) is 65.7 Å². The van der Waals surface area contributed by atoms with E-state index in [0.29, 0.717) is 31.1 Å². The summed E-state index contributed by atoms with van der Waals surface area (Å²) in [6.45, 7) is 6.09. The quantitative estimate of drug-likeness (QED) is 0.692. The van der Waals surface area contributed by atoms with E-state index in [0.717, 1.165) is 31.3 Å². The number of esters is 1. The number of hydrogen-bond donors (Lipinski definition) is 1. The van der Waals surface area contributed by atoms with Crippen molar-refractivity contribution in [1.29, 1.82) is 0 Å². The first kappa shape index (κ1) is 21.5. The molecular formula is C25H34O5. The van der Waals surface area contributed by atoms with Crippen LogP contribution in [0.15, 0.2) is 23.8 Å². The molecule has 0 radical (unpaired) electrons. The van der Waals surface area contributed by atoms with Gasteiger partial charge >= 0.3 is 5.97 Å². The highest BCUT2D eigenvalue weighted by atomic mass is 16.5. The third-order valence-electron chi connectivity index (χ3n) is 8.71. The number of aliphatic hydroxyl groups excluding tert-OH is 1. The fourth-order valence-corrected chi connectivity index (χ4v) is 7.38. The molecule has 5 nitrogen and oxygen atoms in total. The first-order valence-corrected chi connectivity index (χ1v) is 11.5. The minimum Gasteiger partial charge on any atom is -0.458 e. The topological polar surface area (TPSA) is 80.7 Å². The summed E-state index contributed by atoms with van der Waals surface area (Å²) < 4.78 is 5.21. The van der Waals surface area contributed by atoms with Gasteiger partial charge in [-0.25, -0.2) is 0 Å². The maximum Gasteiger partial charge on any atom is 0.306 e. The second-order valence-electron chi connectivity index (χ2n) is 10.3. The molecule has 7 unspecified atom stereocenters. The normalized spacial score (nSPS) is 42.1. The lowest BCUT2D eigenvalue weighted by molar-refractivity contribution is -0.153. The van der Waals surface area contributed by atoms with Gasteiger partial charge in [0.25, 0.3) is 0 Å². The third kappa shape index (κ3) is 3.30. The fraction of sp³-hybridized carbons (Fsp3) is 0.720. The standard InChI is InChI=1S/C25H34O5/c1-4-5-22(29)30-14-21(28)19-9-8-18-17-7-6-15-12-16(26)10-11-24(15,2)23(17)20(27)13-25(18,19)3/h10-12,17-20,23,27H,4-9,13-14H2,1-3H3. The van der Waals surface area contributed by atoms with Crippen molar-refractivity contribution in [2.24, 2.45) is 34.5 Å². The Bertz CT molecular complexity index is 810. The van der Waals surface area contributed by atoms with Crippen molar-refractivity contribution in [3.05, 3.63) is 23.8 Å². The predicted molar refractivity (Wildman–Crippen MR) is 112 cm³/mol. The summed E-state index contributed by atoms with van der Waals surface area (Å²) in [5.74, 6) is 0.347. The van der Waals surface area contributed by atoms with Gasteiger partial charge in [0.15, 0.2) is 11.6 Å². The van der Waals surface area contributed by atoms with Crippen LogP contribution in [0.2, 0.25) is 0 Å². The molecule has 1 N–H and O–H groups in total. The van der Waals surface area contributed by atoms with E-state index in [1.54, 1.807) is 12.2 Å². The third-order valence-corrected chi connectivity index (χ3v) is 8.71. The number of carbonyl (C=O) groups excluding carboxylic acids is 3. The zero-order valence-electron chi connectivity index (χ0n) is 18.4. The monoisotopic (exact) mass is 414 g/mol. The van der Waals surface area contributed by atoms with Crippen LogP contribution in [-0.4, -0.2) is 35.4 Å². The van der Waals surface area contributed by atoms with Crippen molar-refractivity contribution in [3.63, 3.8) is 0 Å². The summed E-state index contributed by atoms with van der Waals surface area (Å²) >= 11 is 0. The number of rotatable bonds is 5. The van der Waals surface area contributed by atoms with Crippen LogP contribution >= 0.6 is 0 Å². The second kappa shape index (κ2) is 7.74. The number of hydrogen-bond acceptors (Lipinski definition) is 5. The van der Waals surface area contributed by atoms with Crippen molar-refractivity contribution < 1.29 is 24.2 Å². The molecule has 3 saturated carbocycles. The molecule has 0 spiro atoms. The largest absolute Gasteiger partial charge is 0.458 e. The smallest absolute Gasteiger partial charge is 0.306 e. The van der Waals surface area contributed by atoms with E-state index in [1.807, 2.05) is 13.0 Å². The lowest BCUT2D eigenvalue weighted by atomic mass is 9.46. The van der Waals surface area contributed by atoms with Crippen molar-refractivity contribution in [2.75, 3.05) is 6.61 Å². The van der Waals surface area contributed by atoms with Gasteiger partial charge in [0.2, 0.25) is 0 Å².